The molecule has 0 heterocycles. The van der Waals surface area contributed by atoms with Crippen LogP contribution >= 0.6 is 0 Å². The fraction of sp³-hybridized carbons (Fsp3) is 0.636. The Morgan fingerprint density at radius 2 is 2.25 bits per heavy atom. The minimum atomic E-state index is -0.685. The largest absolute Gasteiger partial charge is 0.466 e. The van der Waals surface area contributed by atoms with Gasteiger partial charge in [-0.15, -0.1) is 0 Å². The minimum absolute atomic E-state index is 0.150. The molecule has 92 valence electrons. The van der Waals surface area contributed by atoms with E-state index in [9.17, 15) is 9.59 Å². The zero-order valence-corrected chi connectivity index (χ0v) is 9.35. The summed E-state index contributed by atoms with van der Waals surface area (Å²) >= 11 is 0. The fourth-order valence-electron chi connectivity index (χ4n) is 0.995. The Balaban J connectivity index is 3.23. The predicted molar refractivity (Wildman–Crippen MR) is 59.7 cm³/mol. The van der Waals surface area contributed by atoms with Gasteiger partial charge in [0, 0.05) is 6.42 Å². The molecule has 5 nitrogen and oxygen atoms in total. The summed E-state index contributed by atoms with van der Waals surface area (Å²) in [5, 5.41) is 11.9. The molecule has 0 bridgehead atoms. The van der Waals surface area contributed by atoms with Crippen LogP contribution in [0.15, 0.2) is 12.7 Å². The second-order valence-corrected chi connectivity index (χ2v) is 3.27. The molecule has 0 spiro atoms. The Morgan fingerprint density at radius 3 is 2.88 bits per heavy atom. The molecular formula is C11H19NO4. The average molecular weight is 229 g/mol. The quantitative estimate of drug-likeness (QED) is 0.186. The number of aliphatic hydroxyl groups excluding tert-OH is 1. The van der Waals surface area contributed by atoms with Gasteiger partial charge < -0.3 is 14.6 Å². The van der Waals surface area contributed by atoms with Crippen LogP contribution in [0.1, 0.15) is 25.7 Å². The molecule has 0 amide bonds. The number of hydrogen-bond donors (Lipinski definition) is 2. The van der Waals surface area contributed by atoms with Gasteiger partial charge in [0.15, 0.2) is 0 Å². The third-order valence-corrected chi connectivity index (χ3v) is 1.88. The number of esters is 1. The van der Waals surface area contributed by atoms with Crippen molar-refractivity contribution in [2.24, 2.45) is 0 Å². The summed E-state index contributed by atoms with van der Waals surface area (Å²) in [7, 11) is 0. The van der Waals surface area contributed by atoms with Crippen molar-refractivity contribution in [2.45, 2.75) is 31.9 Å². The molecule has 1 atom stereocenters. The van der Waals surface area contributed by atoms with Crippen LogP contribution < -0.4 is 5.32 Å². The lowest BCUT2D eigenvalue weighted by molar-refractivity contribution is -0.144. The van der Waals surface area contributed by atoms with E-state index in [0.29, 0.717) is 19.4 Å². The highest BCUT2D eigenvalue weighted by molar-refractivity contribution is 5.72. The highest BCUT2D eigenvalue weighted by Crippen LogP contribution is 1.94. The molecule has 5 heteroatoms. The molecule has 0 fully saturated rings. The second kappa shape index (κ2) is 10.3. The SMILES string of the molecule is C=CC(O)NCCCCOC(=O)CCC=O. The maximum atomic E-state index is 10.9. The molecule has 1 unspecified atom stereocenters. The van der Waals surface area contributed by atoms with Gasteiger partial charge in [0.1, 0.15) is 12.5 Å². The van der Waals surface area contributed by atoms with Crippen LogP contribution in [0, 0.1) is 0 Å². The standard InChI is InChI=1S/C11H19NO4/c1-2-10(14)12-7-3-4-9-16-11(15)6-5-8-13/h2,8,10,12,14H,1,3-7,9H2. The van der Waals surface area contributed by atoms with E-state index < -0.39 is 6.23 Å². The number of aliphatic hydroxyl groups is 1. The van der Waals surface area contributed by atoms with Crippen LogP contribution in [0.25, 0.3) is 0 Å². The maximum absolute atomic E-state index is 10.9. The predicted octanol–water partition coefficient (Wildman–Crippen LogP) is 0.383. The van der Waals surface area contributed by atoms with E-state index in [1.54, 1.807) is 0 Å². The molecule has 0 aromatic rings. The van der Waals surface area contributed by atoms with Crippen molar-refractivity contribution < 1.29 is 19.4 Å². The fourth-order valence-corrected chi connectivity index (χ4v) is 0.995. The lowest BCUT2D eigenvalue weighted by atomic mass is 10.3. The number of ether oxygens (including phenoxy) is 1. The third-order valence-electron chi connectivity index (χ3n) is 1.88. The summed E-state index contributed by atoms with van der Waals surface area (Å²) in [6.07, 6.45) is 3.30. The first-order valence-electron chi connectivity index (χ1n) is 5.34. The zero-order chi connectivity index (χ0) is 12.2. The van der Waals surface area contributed by atoms with Gasteiger partial charge in [0.25, 0.3) is 0 Å². The smallest absolute Gasteiger partial charge is 0.306 e. The van der Waals surface area contributed by atoms with Crippen LogP contribution in [0.4, 0.5) is 0 Å². The Morgan fingerprint density at radius 1 is 1.50 bits per heavy atom. The van der Waals surface area contributed by atoms with Crippen molar-refractivity contribution in [1.82, 2.24) is 5.32 Å². The van der Waals surface area contributed by atoms with Crippen molar-refractivity contribution >= 4 is 12.3 Å². The topological polar surface area (TPSA) is 75.6 Å². The monoisotopic (exact) mass is 229 g/mol. The molecule has 0 aliphatic carbocycles. The molecule has 16 heavy (non-hydrogen) atoms. The Bertz CT molecular complexity index is 218. The van der Waals surface area contributed by atoms with Crippen LogP contribution in [-0.4, -0.2) is 36.7 Å². The van der Waals surface area contributed by atoms with E-state index in [0.717, 1.165) is 12.8 Å². The summed E-state index contributed by atoms with van der Waals surface area (Å²) in [4.78, 5) is 20.9. The molecule has 2 N–H and O–H groups in total. The van der Waals surface area contributed by atoms with Crippen molar-refractivity contribution in [3.8, 4) is 0 Å². The molecule has 0 aromatic carbocycles. The van der Waals surface area contributed by atoms with E-state index >= 15 is 0 Å². The lowest BCUT2D eigenvalue weighted by Crippen LogP contribution is -2.27. The first-order chi connectivity index (χ1) is 7.70. The van der Waals surface area contributed by atoms with Gasteiger partial charge in [-0.05, 0) is 25.5 Å². The first kappa shape index (κ1) is 14.8. The van der Waals surface area contributed by atoms with E-state index in [2.05, 4.69) is 11.9 Å². The van der Waals surface area contributed by atoms with Gasteiger partial charge in [-0.1, -0.05) is 6.58 Å². The van der Waals surface area contributed by atoms with Gasteiger partial charge in [0.05, 0.1) is 13.0 Å². The highest BCUT2D eigenvalue weighted by atomic mass is 16.5. The van der Waals surface area contributed by atoms with Gasteiger partial charge in [-0.3, -0.25) is 10.1 Å². The number of hydrogen-bond acceptors (Lipinski definition) is 5. The number of aldehydes is 1. The molecule has 0 aliphatic heterocycles. The minimum Gasteiger partial charge on any atom is -0.466 e. The molecule has 0 aliphatic rings. The first-order valence-corrected chi connectivity index (χ1v) is 5.34. The lowest BCUT2D eigenvalue weighted by Gasteiger charge is -2.07. The number of unbranched alkanes of at least 4 members (excludes halogenated alkanes) is 1. The Kier molecular flexibility index (Phi) is 9.55. The second-order valence-electron chi connectivity index (χ2n) is 3.27. The van der Waals surface area contributed by atoms with Crippen molar-refractivity contribution in [2.75, 3.05) is 13.2 Å². The van der Waals surface area contributed by atoms with Crippen LogP contribution in [-0.2, 0) is 14.3 Å². The van der Waals surface area contributed by atoms with Gasteiger partial charge >= 0.3 is 5.97 Å². The van der Waals surface area contributed by atoms with Gasteiger partial charge in [0.2, 0.25) is 0 Å². The van der Waals surface area contributed by atoms with Gasteiger partial charge in [-0.25, -0.2) is 0 Å². The zero-order valence-electron chi connectivity index (χ0n) is 9.35. The molecule has 0 rings (SSSR count). The summed E-state index contributed by atoms with van der Waals surface area (Å²) in [5.74, 6) is -0.341. The van der Waals surface area contributed by atoms with Crippen LogP contribution in [0.3, 0.4) is 0 Å². The van der Waals surface area contributed by atoms with Crippen LogP contribution in [0.2, 0.25) is 0 Å². The number of nitrogens with one attached hydrogen (secondary N) is 1. The molecular weight excluding hydrogens is 210 g/mol. The Labute approximate surface area is 95.5 Å². The number of carbonyl (C=O) groups excluding carboxylic acids is 2. The number of rotatable bonds is 10. The molecule has 0 aromatic heterocycles. The van der Waals surface area contributed by atoms with E-state index in [1.165, 1.54) is 6.08 Å². The molecule has 0 saturated carbocycles. The molecule has 0 radical (unpaired) electrons. The van der Waals surface area contributed by atoms with Gasteiger partial charge in [-0.2, -0.15) is 0 Å². The van der Waals surface area contributed by atoms with E-state index in [1.807, 2.05) is 0 Å². The maximum Gasteiger partial charge on any atom is 0.306 e. The third kappa shape index (κ3) is 9.36. The summed E-state index contributed by atoms with van der Waals surface area (Å²) in [6, 6.07) is 0. The highest BCUT2D eigenvalue weighted by Gasteiger charge is 2.01. The normalized spacial score (nSPS) is 11.8. The Hall–Kier alpha value is -1.20. The van der Waals surface area contributed by atoms with Crippen molar-refractivity contribution in [1.29, 1.82) is 0 Å². The summed E-state index contributed by atoms with van der Waals surface area (Å²) in [5.41, 5.74) is 0. The summed E-state index contributed by atoms with van der Waals surface area (Å²) < 4.78 is 4.87. The van der Waals surface area contributed by atoms with E-state index in [-0.39, 0.29) is 18.8 Å². The van der Waals surface area contributed by atoms with E-state index in [4.69, 9.17) is 9.84 Å². The number of carbonyl (C=O) groups is 2. The van der Waals surface area contributed by atoms with Crippen LogP contribution in [0.5, 0.6) is 0 Å². The average Bonchev–Trinajstić information content (AvgIpc) is 2.30. The molecule has 0 saturated heterocycles. The van der Waals surface area contributed by atoms with Crippen molar-refractivity contribution in [3.05, 3.63) is 12.7 Å². The summed E-state index contributed by atoms with van der Waals surface area (Å²) in [6.45, 7) is 4.41. The van der Waals surface area contributed by atoms with Crippen molar-refractivity contribution in [3.63, 3.8) is 0 Å².